The maximum atomic E-state index is 12.6. The number of anilines is 1. The Labute approximate surface area is 177 Å². The van der Waals surface area contributed by atoms with E-state index in [4.69, 9.17) is 0 Å². The first-order valence-corrected chi connectivity index (χ1v) is 9.71. The Morgan fingerprint density at radius 1 is 1.00 bits per heavy atom. The van der Waals surface area contributed by atoms with E-state index in [1.54, 1.807) is 27.8 Å². The molecule has 3 aromatic rings. The summed E-state index contributed by atoms with van der Waals surface area (Å²) in [6, 6.07) is 15.9. The largest absolute Gasteiger partial charge is 0.434 e. The van der Waals surface area contributed by atoms with E-state index < -0.39 is 6.61 Å². The van der Waals surface area contributed by atoms with Crippen LogP contribution in [-0.2, 0) is 4.79 Å². The lowest BCUT2D eigenvalue weighted by Gasteiger charge is -2.34. The van der Waals surface area contributed by atoms with Crippen molar-refractivity contribution < 1.29 is 18.3 Å². The van der Waals surface area contributed by atoms with E-state index in [0.29, 0.717) is 37.7 Å². The Kier molecular flexibility index (Phi) is 6.16. The molecule has 1 aliphatic rings. The monoisotopic (exact) mass is 426 g/mol. The number of para-hydroxylation sites is 2. The zero-order valence-corrected chi connectivity index (χ0v) is 16.5. The summed E-state index contributed by atoms with van der Waals surface area (Å²) in [5.41, 5.74) is 1.27. The lowest BCUT2D eigenvalue weighted by atomic mass is 10.2. The molecule has 0 radical (unpaired) electrons. The van der Waals surface area contributed by atoms with Crippen LogP contribution in [0.3, 0.4) is 0 Å². The van der Waals surface area contributed by atoms with E-state index >= 15 is 0 Å². The first-order chi connectivity index (χ1) is 15.1. The molecule has 8 nitrogen and oxygen atoms in total. The van der Waals surface area contributed by atoms with Crippen LogP contribution < -0.4 is 9.64 Å². The highest BCUT2D eigenvalue weighted by Gasteiger charge is 2.24. The van der Waals surface area contributed by atoms with E-state index in [-0.39, 0.29) is 11.7 Å². The quantitative estimate of drug-likeness (QED) is 0.564. The van der Waals surface area contributed by atoms with Crippen molar-refractivity contribution in [1.82, 2.24) is 25.1 Å². The molecule has 1 fully saturated rings. The van der Waals surface area contributed by atoms with Crippen LogP contribution in [0, 0.1) is 0 Å². The summed E-state index contributed by atoms with van der Waals surface area (Å²) in [5.74, 6) is 0.445. The highest BCUT2D eigenvalue weighted by Crippen LogP contribution is 2.22. The van der Waals surface area contributed by atoms with Crippen LogP contribution in [0.25, 0.3) is 11.8 Å². The standard InChI is InChI=1S/C21H20F2N6O2/c22-20(23)31-18-9-5-4-6-16(18)10-11-19(30)27-12-14-28(15-13-27)21-24-25-26-29(21)17-7-2-1-3-8-17/h1-11,20H,12-15H2. The molecule has 0 N–H and O–H groups in total. The topological polar surface area (TPSA) is 76.4 Å². The second kappa shape index (κ2) is 9.33. The molecule has 160 valence electrons. The van der Waals surface area contributed by atoms with Crippen molar-refractivity contribution in [2.75, 3.05) is 31.1 Å². The van der Waals surface area contributed by atoms with Gasteiger partial charge in [0.15, 0.2) is 0 Å². The molecular weight excluding hydrogens is 406 g/mol. The summed E-state index contributed by atoms with van der Waals surface area (Å²) in [7, 11) is 0. The van der Waals surface area contributed by atoms with Crippen LogP contribution in [-0.4, -0.2) is 63.8 Å². The third kappa shape index (κ3) is 4.85. The van der Waals surface area contributed by atoms with Gasteiger partial charge >= 0.3 is 6.61 Å². The minimum absolute atomic E-state index is 0.0270. The molecule has 10 heteroatoms. The maximum absolute atomic E-state index is 12.6. The number of tetrazole rings is 1. The van der Waals surface area contributed by atoms with Crippen molar-refractivity contribution in [3.8, 4) is 11.4 Å². The number of carbonyl (C=O) groups excluding carboxylic acids is 1. The fourth-order valence-corrected chi connectivity index (χ4v) is 3.33. The van der Waals surface area contributed by atoms with Crippen LogP contribution in [0.5, 0.6) is 5.75 Å². The Morgan fingerprint density at radius 2 is 1.71 bits per heavy atom. The fraction of sp³-hybridized carbons (Fsp3) is 0.238. The number of amides is 1. The number of hydrogen-bond acceptors (Lipinski definition) is 6. The fourth-order valence-electron chi connectivity index (χ4n) is 3.33. The predicted molar refractivity (Wildman–Crippen MR) is 110 cm³/mol. The molecule has 31 heavy (non-hydrogen) atoms. The van der Waals surface area contributed by atoms with Gasteiger partial charge in [0.25, 0.3) is 0 Å². The molecule has 0 atom stereocenters. The van der Waals surface area contributed by atoms with Gasteiger partial charge in [0.2, 0.25) is 11.9 Å². The van der Waals surface area contributed by atoms with Crippen LogP contribution >= 0.6 is 0 Å². The third-order valence-corrected chi connectivity index (χ3v) is 4.87. The van der Waals surface area contributed by atoms with Crippen molar-refractivity contribution in [2.45, 2.75) is 6.61 Å². The summed E-state index contributed by atoms with van der Waals surface area (Å²) in [4.78, 5) is 16.3. The van der Waals surface area contributed by atoms with Crippen molar-refractivity contribution in [1.29, 1.82) is 0 Å². The van der Waals surface area contributed by atoms with Gasteiger partial charge < -0.3 is 14.5 Å². The average molecular weight is 426 g/mol. The van der Waals surface area contributed by atoms with Gasteiger partial charge in [-0.1, -0.05) is 41.5 Å². The Hall–Kier alpha value is -3.82. The molecule has 2 aromatic carbocycles. The Bertz CT molecular complexity index is 1050. The minimum atomic E-state index is -2.93. The van der Waals surface area contributed by atoms with E-state index in [1.807, 2.05) is 35.2 Å². The van der Waals surface area contributed by atoms with Crippen molar-refractivity contribution in [2.24, 2.45) is 0 Å². The normalized spacial score (nSPS) is 14.4. The number of carbonyl (C=O) groups is 1. The van der Waals surface area contributed by atoms with Gasteiger partial charge in [-0.25, -0.2) is 0 Å². The number of ether oxygens (including phenoxy) is 1. The molecule has 1 amide bonds. The van der Waals surface area contributed by atoms with Gasteiger partial charge in [-0.05, 0) is 34.7 Å². The lowest BCUT2D eigenvalue weighted by Crippen LogP contribution is -2.49. The number of halogens is 2. The lowest BCUT2D eigenvalue weighted by molar-refractivity contribution is -0.126. The van der Waals surface area contributed by atoms with Gasteiger partial charge in [-0.15, -0.1) is 0 Å². The second-order valence-corrected chi connectivity index (χ2v) is 6.79. The second-order valence-electron chi connectivity index (χ2n) is 6.79. The molecule has 1 saturated heterocycles. The van der Waals surface area contributed by atoms with E-state index in [1.165, 1.54) is 18.2 Å². The smallest absolute Gasteiger partial charge is 0.387 e. The number of rotatable bonds is 6. The number of aromatic nitrogens is 4. The number of hydrogen-bond donors (Lipinski definition) is 0. The van der Waals surface area contributed by atoms with Crippen LogP contribution in [0.15, 0.2) is 60.7 Å². The molecule has 1 aromatic heterocycles. The molecule has 0 aliphatic carbocycles. The number of benzene rings is 2. The van der Waals surface area contributed by atoms with E-state index in [0.717, 1.165) is 5.69 Å². The highest BCUT2D eigenvalue weighted by molar-refractivity contribution is 5.92. The molecule has 1 aliphatic heterocycles. The molecule has 0 unspecified atom stereocenters. The maximum Gasteiger partial charge on any atom is 0.387 e. The van der Waals surface area contributed by atoms with Gasteiger partial charge in [0.1, 0.15) is 5.75 Å². The third-order valence-electron chi connectivity index (χ3n) is 4.87. The zero-order chi connectivity index (χ0) is 21.6. The van der Waals surface area contributed by atoms with Crippen molar-refractivity contribution in [3.05, 3.63) is 66.2 Å². The van der Waals surface area contributed by atoms with Crippen LogP contribution in [0.4, 0.5) is 14.7 Å². The summed E-state index contributed by atoms with van der Waals surface area (Å²) >= 11 is 0. The molecular formula is C21H20F2N6O2. The number of nitrogens with zero attached hydrogens (tertiary/aromatic N) is 6. The number of piperazine rings is 1. The molecule has 4 rings (SSSR count). The molecule has 0 bridgehead atoms. The summed E-state index contributed by atoms with van der Waals surface area (Å²) in [6.45, 7) is -0.818. The van der Waals surface area contributed by atoms with Crippen molar-refractivity contribution >= 4 is 17.9 Å². The van der Waals surface area contributed by atoms with Gasteiger partial charge in [0, 0.05) is 37.8 Å². The van der Waals surface area contributed by atoms with Gasteiger partial charge in [-0.2, -0.15) is 13.5 Å². The Balaban J connectivity index is 1.38. The number of alkyl halides is 2. The van der Waals surface area contributed by atoms with E-state index in [2.05, 4.69) is 20.3 Å². The van der Waals surface area contributed by atoms with Gasteiger partial charge in [0.05, 0.1) is 5.69 Å². The summed E-state index contributed by atoms with van der Waals surface area (Å²) in [5, 5.41) is 12.0. The van der Waals surface area contributed by atoms with Gasteiger partial charge in [-0.3, -0.25) is 4.79 Å². The SMILES string of the molecule is O=C(C=Cc1ccccc1OC(F)F)N1CCN(c2nnnn2-c2ccccc2)CC1. The zero-order valence-electron chi connectivity index (χ0n) is 16.5. The average Bonchev–Trinajstić information content (AvgIpc) is 3.29. The molecule has 0 saturated carbocycles. The minimum Gasteiger partial charge on any atom is -0.434 e. The molecule has 2 heterocycles. The summed E-state index contributed by atoms with van der Waals surface area (Å²) < 4.78 is 31.2. The Morgan fingerprint density at radius 3 is 2.45 bits per heavy atom. The molecule has 0 spiro atoms. The summed E-state index contributed by atoms with van der Waals surface area (Å²) in [6.07, 6.45) is 2.86. The predicted octanol–water partition coefficient (Wildman–Crippen LogP) is 2.63. The van der Waals surface area contributed by atoms with Crippen LogP contribution in [0.2, 0.25) is 0 Å². The first-order valence-electron chi connectivity index (χ1n) is 9.71. The first kappa shape index (κ1) is 20.5. The van der Waals surface area contributed by atoms with Crippen molar-refractivity contribution in [3.63, 3.8) is 0 Å². The van der Waals surface area contributed by atoms with Crippen LogP contribution in [0.1, 0.15) is 5.56 Å². The van der Waals surface area contributed by atoms with E-state index in [9.17, 15) is 13.6 Å². The highest BCUT2D eigenvalue weighted by atomic mass is 19.3.